The molecular formula is C18H21N3O7S. The number of fused-ring (bicyclic) bond motifs is 1. The minimum absolute atomic E-state index is 0.0910. The van der Waals surface area contributed by atoms with Crippen LogP contribution in [0.4, 0.5) is 11.4 Å². The average molecular weight is 423 g/mol. The van der Waals surface area contributed by atoms with Crippen molar-refractivity contribution in [2.45, 2.75) is 43.7 Å². The lowest BCUT2D eigenvalue weighted by Gasteiger charge is -2.29. The topological polar surface area (TPSA) is 128 Å². The minimum Gasteiger partial charge on any atom is -0.495 e. The predicted molar refractivity (Wildman–Crippen MR) is 105 cm³/mol. The van der Waals surface area contributed by atoms with Crippen molar-refractivity contribution in [1.29, 1.82) is 0 Å². The molecular weight excluding hydrogens is 402 g/mol. The number of hydrogen-bond acceptors (Lipinski definition) is 8. The van der Waals surface area contributed by atoms with Gasteiger partial charge < -0.3 is 19.7 Å². The van der Waals surface area contributed by atoms with Gasteiger partial charge in [0.2, 0.25) is 5.91 Å². The summed E-state index contributed by atoms with van der Waals surface area (Å²) in [5.41, 5.74) is -0.131. The van der Waals surface area contributed by atoms with Crippen molar-refractivity contribution in [2.24, 2.45) is 0 Å². The summed E-state index contributed by atoms with van der Waals surface area (Å²) in [5, 5.41) is 13.4. The van der Waals surface area contributed by atoms with Crippen LogP contribution in [0.1, 0.15) is 26.7 Å². The summed E-state index contributed by atoms with van der Waals surface area (Å²) < 4.78 is 10.4. The van der Waals surface area contributed by atoms with Gasteiger partial charge in [0.15, 0.2) is 6.10 Å². The molecule has 1 N–H and O–H groups in total. The molecule has 0 aliphatic carbocycles. The number of anilines is 1. The molecule has 3 unspecified atom stereocenters. The van der Waals surface area contributed by atoms with Crippen LogP contribution in [0.25, 0.3) is 0 Å². The third kappa shape index (κ3) is 4.00. The Hall–Kier alpha value is -2.82. The summed E-state index contributed by atoms with van der Waals surface area (Å²) in [7, 11) is 1.36. The number of nitrogens with one attached hydrogen (secondary N) is 1. The predicted octanol–water partition coefficient (Wildman–Crippen LogP) is 1.93. The molecule has 2 aliphatic heterocycles. The third-order valence-electron chi connectivity index (χ3n) is 5.03. The van der Waals surface area contributed by atoms with Crippen molar-refractivity contribution >= 4 is 40.9 Å². The van der Waals surface area contributed by atoms with Crippen LogP contribution >= 0.6 is 11.8 Å². The molecule has 2 aliphatic rings. The van der Waals surface area contributed by atoms with Gasteiger partial charge in [-0.2, -0.15) is 0 Å². The lowest BCUT2D eigenvalue weighted by Crippen LogP contribution is -2.48. The molecule has 156 valence electrons. The highest BCUT2D eigenvalue weighted by molar-refractivity contribution is 8.01. The van der Waals surface area contributed by atoms with Crippen molar-refractivity contribution in [3.05, 3.63) is 28.3 Å². The summed E-state index contributed by atoms with van der Waals surface area (Å²) in [4.78, 5) is 48.7. The van der Waals surface area contributed by atoms with Gasteiger partial charge in [0.1, 0.15) is 11.8 Å². The van der Waals surface area contributed by atoms with Crippen LogP contribution in [-0.4, -0.2) is 57.5 Å². The number of methoxy groups -OCH3 is 1. The van der Waals surface area contributed by atoms with Crippen molar-refractivity contribution in [3.63, 3.8) is 0 Å². The molecule has 1 aromatic rings. The van der Waals surface area contributed by atoms with Gasteiger partial charge in [0.05, 0.1) is 22.6 Å². The molecule has 11 heteroatoms. The maximum atomic E-state index is 12.6. The molecule has 0 saturated carbocycles. The standard InChI is InChI=1S/C18H21N3O7S/c1-10(16(23)19-12-8-11(21(25)26)4-5-14(12)27-3)28-17(24)13-9-29-18(2)7-6-15(22)20(13)18/h4-5,8,10,13H,6-7,9H2,1-3H3,(H,19,23). The zero-order chi connectivity index (χ0) is 21.3. The fourth-order valence-electron chi connectivity index (χ4n) is 3.44. The summed E-state index contributed by atoms with van der Waals surface area (Å²) in [6.07, 6.45) is -0.111. The first-order valence-corrected chi connectivity index (χ1v) is 9.95. The molecule has 1 aromatic carbocycles. The van der Waals surface area contributed by atoms with E-state index in [2.05, 4.69) is 5.32 Å². The van der Waals surface area contributed by atoms with Crippen molar-refractivity contribution in [2.75, 3.05) is 18.2 Å². The molecule has 2 heterocycles. The fraction of sp³-hybridized carbons (Fsp3) is 0.500. The number of rotatable bonds is 6. The number of ether oxygens (including phenoxy) is 2. The van der Waals surface area contributed by atoms with Crippen LogP contribution in [0.5, 0.6) is 5.75 Å². The Balaban J connectivity index is 1.67. The Bertz CT molecular complexity index is 877. The first kappa shape index (κ1) is 20.9. The highest BCUT2D eigenvalue weighted by Crippen LogP contribution is 2.47. The largest absolute Gasteiger partial charge is 0.495 e. The molecule has 3 atom stereocenters. The quantitative estimate of drug-likeness (QED) is 0.418. The highest BCUT2D eigenvalue weighted by Gasteiger charge is 2.53. The number of benzene rings is 1. The van der Waals surface area contributed by atoms with Gasteiger partial charge in [0.25, 0.3) is 11.6 Å². The second kappa shape index (κ2) is 7.90. The number of carbonyl (C=O) groups is 3. The Labute approximate surface area is 171 Å². The van der Waals surface area contributed by atoms with Gasteiger partial charge in [-0.25, -0.2) is 4.79 Å². The van der Waals surface area contributed by atoms with Crippen molar-refractivity contribution in [1.82, 2.24) is 4.90 Å². The van der Waals surface area contributed by atoms with E-state index in [0.29, 0.717) is 18.6 Å². The molecule has 2 saturated heterocycles. The van der Waals surface area contributed by atoms with Gasteiger partial charge in [-0.1, -0.05) is 0 Å². The van der Waals surface area contributed by atoms with Gasteiger partial charge in [-0.05, 0) is 26.3 Å². The van der Waals surface area contributed by atoms with Gasteiger partial charge in [0, 0.05) is 24.3 Å². The molecule has 0 aromatic heterocycles. The lowest BCUT2D eigenvalue weighted by molar-refractivity contribution is -0.384. The Morgan fingerprint density at radius 1 is 1.45 bits per heavy atom. The maximum Gasteiger partial charge on any atom is 0.330 e. The number of nitrogens with zero attached hydrogens (tertiary/aromatic N) is 2. The van der Waals surface area contributed by atoms with E-state index in [1.807, 2.05) is 6.92 Å². The van der Waals surface area contributed by atoms with E-state index in [4.69, 9.17) is 9.47 Å². The Morgan fingerprint density at radius 3 is 2.83 bits per heavy atom. The number of esters is 1. The first-order chi connectivity index (χ1) is 13.7. The number of thioether (sulfide) groups is 1. The van der Waals surface area contributed by atoms with E-state index < -0.39 is 33.8 Å². The molecule has 10 nitrogen and oxygen atoms in total. The zero-order valence-electron chi connectivity index (χ0n) is 16.2. The van der Waals surface area contributed by atoms with E-state index in [-0.39, 0.29) is 23.0 Å². The van der Waals surface area contributed by atoms with Gasteiger partial charge in [-0.3, -0.25) is 19.7 Å². The highest BCUT2D eigenvalue weighted by atomic mass is 32.2. The van der Waals surface area contributed by atoms with Crippen molar-refractivity contribution < 1.29 is 28.8 Å². The summed E-state index contributed by atoms with van der Waals surface area (Å²) in [6, 6.07) is 3.04. The van der Waals surface area contributed by atoms with Crippen LogP contribution < -0.4 is 10.1 Å². The third-order valence-corrected chi connectivity index (χ3v) is 6.54. The SMILES string of the molecule is COc1ccc([N+](=O)[O-])cc1NC(=O)C(C)OC(=O)C1CSC2(C)CCC(=O)N12. The molecule has 0 radical (unpaired) electrons. The maximum absolute atomic E-state index is 12.6. The fourth-order valence-corrected chi connectivity index (χ4v) is 4.86. The first-order valence-electron chi connectivity index (χ1n) is 8.96. The van der Waals surface area contributed by atoms with E-state index >= 15 is 0 Å². The molecule has 29 heavy (non-hydrogen) atoms. The second-order valence-corrected chi connectivity index (χ2v) is 8.48. The van der Waals surface area contributed by atoms with Gasteiger partial charge >= 0.3 is 5.97 Å². The molecule has 3 rings (SSSR count). The summed E-state index contributed by atoms with van der Waals surface area (Å²) in [6.45, 7) is 3.31. The van der Waals surface area contributed by atoms with Crippen LogP contribution in [0.3, 0.4) is 0 Å². The molecule has 2 fully saturated rings. The monoisotopic (exact) mass is 423 g/mol. The second-order valence-electron chi connectivity index (χ2n) is 6.98. The Kier molecular flexibility index (Phi) is 5.69. The van der Waals surface area contributed by atoms with E-state index in [1.165, 1.54) is 37.9 Å². The summed E-state index contributed by atoms with van der Waals surface area (Å²) >= 11 is 1.53. The van der Waals surface area contributed by atoms with Gasteiger partial charge in [-0.15, -0.1) is 11.8 Å². The van der Waals surface area contributed by atoms with E-state index in [0.717, 1.165) is 6.07 Å². The number of non-ortho nitro benzene ring substituents is 1. The average Bonchev–Trinajstić information content (AvgIpc) is 3.17. The smallest absolute Gasteiger partial charge is 0.330 e. The number of nitro benzene ring substituents is 1. The molecule has 0 spiro atoms. The van der Waals surface area contributed by atoms with E-state index in [1.54, 1.807) is 4.90 Å². The lowest BCUT2D eigenvalue weighted by atomic mass is 10.2. The van der Waals surface area contributed by atoms with Crippen LogP contribution in [-0.2, 0) is 19.1 Å². The Morgan fingerprint density at radius 2 is 2.17 bits per heavy atom. The zero-order valence-corrected chi connectivity index (χ0v) is 17.0. The number of amides is 2. The minimum atomic E-state index is -1.17. The number of carbonyl (C=O) groups excluding carboxylic acids is 3. The summed E-state index contributed by atoms with van der Waals surface area (Å²) in [5.74, 6) is -0.775. The molecule has 2 amide bonds. The molecule has 0 bridgehead atoms. The number of hydrogen-bond donors (Lipinski definition) is 1. The van der Waals surface area contributed by atoms with Crippen LogP contribution in [0, 0.1) is 10.1 Å². The normalized spacial score (nSPS) is 24.0. The van der Waals surface area contributed by atoms with Crippen LogP contribution in [0.2, 0.25) is 0 Å². The van der Waals surface area contributed by atoms with E-state index in [9.17, 15) is 24.5 Å². The van der Waals surface area contributed by atoms with Crippen LogP contribution in [0.15, 0.2) is 18.2 Å². The van der Waals surface area contributed by atoms with Crippen molar-refractivity contribution in [3.8, 4) is 5.75 Å². The number of nitro groups is 1.